The lowest BCUT2D eigenvalue weighted by molar-refractivity contribution is 0.452. The standard InChI is InChI=1S/C12H18N4O/c1-13-10(5-6-11-4-3-7-17-11)8-12-14-9-15-16(12)2/h3-4,7,9-10,13H,5-6,8H2,1-2H3. The third-order valence-electron chi connectivity index (χ3n) is 2.96. The predicted molar refractivity (Wildman–Crippen MR) is 64.6 cm³/mol. The van der Waals surface area contributed by atoms with Crippen LogP contribution in [0.15, 0.2) is 29.1 Å². The molecule has 5 nitrogen and oxygen atoms in total. The zero-order valence-electron chi connectivity index (χ0n) is 10.3. The van der Waals surface area contributed by atoms with E-state index >= 15 is 0 Å². The predicted octanol–water partition coefficient (Wildman–Crippen LogP) is 1.17. The Morgan fingerprint density at radius 1 is 1.53 bits per heavy atom. The lowest BCUT2D eigenvalue weighted by atomic mass is 10.1. The number of nitrogens with zero attached hydrogens (tertiary/aromatic N) is 3. The Hall–Kier alpha value is -1.62. The molecule has 1 unspecified atom stereocenters. The zero-order valence-corrected chi connectivity index (χ0v) is 10.3. The van der Waals surface area contributed by atoms with Crippen LogP contribution in [0.3, 0.4) is 0 Å². The fraction of sp³-hybridized carbons (Fsp3) is 0.500. The van der Waals surface area contributed by atoms with Crippen LogP contribution in [-0.4, -0.2) is 27.9 Å². The maximum Gasteiger partial charge on any atom is 0.138 e. The summed E-state index contributed by atoms with van der Waals surface area (Å²) in [6.45, 7) is 0. The number of aryl methyl sites for hydroxylation is 2. The summed E-state index contributed by atoms with van der Waals surface area (Å²) >= 11 is 0. The Morgan fingerprint density at radius 3 is 3.00 bits per heavy atom. The molecule has 0 spiro atoms. The Morgan fingerprint density at radius 2 is 2.41 bits per heavy atom. The molecule has 2 aromatic rings. The minimum atomic E-state index is 0.392. The lowest BCUT2D eigenvalue weighted by Crippen LogP contribution is -2.29. The van der Waals surface area contributed by atoms with E-state index in [4.69, 9.17) is 4.42 Å². The van der Waals surface area contributed by atoms with Gasteiger partial charge < -0.3 is 9.73 Å². The second kappa shape index (κ2) is 5.63. The monoisotopic (exact) mass is 234 g/mol. The van der Waals surface area contributed by atoms with Gasteiger partial charge in [-0.2, -0.15) is 5.10 Å². The van der Waals surface area contributed by atoms with E-state index in [1.807, 2.05) is 30.9 Å². The van der Waals surface area contributed by atoms with Crippen molar-refractivity contribution >= 4 is 0 Å². The summed E-state index contributed by atoms with van der Waals surface area (Å²) in [4.78, 5) is 4.24. The van der Waals surface area contributed by atoms with Crippen LogP contribution in [0, 0.1) is 0 Å². The van der Waals surface area contributed by atoms with E-state index in [-0.39, 0.29) is 0 Å². The van der Waals surface area contributed by atoms with Crippen molar-refractivity contribution in [2.75, 3.05) is 7.05 Å². The van der Waals surface area contributed by atoms with Crippen LogP contribution >= 0.6 is 0 Å². The summed E-state index contributed by atoms with van der Waals surface area (Å²) in [5.41, 5.74) is 0. The molecule has 0 radical (unpaired) electrons. The van der Waals surface area contributed by atoms with Gasteiger partial charge in [0.05, 0.1) is 6.26 Å². The summed E-state index contributed by atoms with van der Waals surface area (Å²) in [5, 5.41) is 7.38. The van der Waals surface area contributed by atoms with Crippen LogP contribution in [0.25, 0.3) is 0 Å². The molecule has 0 aliphatic heterocycles. The average Bonchev–Trinajstić information content (AvgIpc) is 2.96. The highest BCUT2D eigenvalue weighted by molar-refractivity contribution is 4.99. The van der Waals surface area contributed by atoms with Crippen molar-refractivity contribution in [3.8, 4) is 0 Å². The Balaban J connectivity index is 1.87. The molecule has 2 rings (SSSR count). The first kappa shape index (κ1) is 11.9. The maximum absolute atomic E-state index is 5.33. The second-order valence-corrected chi connectivity index (χ2v) is 4.11. The van der Waals surface area contributed by atoms with Crippen LogP contribution in [0.5, 0.6) is 0 Å². The maximum atomic E-state index is 5.33. The Bertz CT molecular complexity index is 435. The molecule has 0 saturated heterocycles. The lowest BCUT2D eigenvalue weighted by Gasteiger charge is -2.14. The first-order valence-electron chi connectivity index (χ1n) is 5.82. The first-order chi connectivity index (χ1) is 8.29. The highest BCUT2D eigenvalue weighted by Gasteiger charge is 2.11. The van der Waals surface area contributed by atoms with Gasteiger partial charge in [0.2, 0.25) is 0 Å². The smallest absolute Gasteiger partial charge is 0.138 e. The molecule has 2 heterocycles. The van der Waals surface area contributed by atoms with Crippen molar-refractivity contribution in [2.24, 2.45) is 7.05 Å². The van der Waals surface area contributed by atoms with Gasteiger partial charge in [-0.1, -0.05) is 0 Å². The highest BCUT2D eigenvalue weighted by atomic mass is 16.3. The number of nitrogens with one attached hydrogen (secondary N) is 1. The first-order valence-corrected chi connectivity index (χ1v) is 5.82. The molecular formula is C12H18N4O. The van der Waals surface area contributed by atoms with E-state index in [0.717, 1.165) is 30.8 Å². The third-order valence-corrected chi connectivity index (χ3v) is 2.96. The van der Waals surface area contributed by atoms with E-state index in [9.17, 15) is 0 Å². The zero-order chi connectivity index (χ0) is 12.1. The van der Waals surface area contributed by atoms with E-state index in [1.54, 1.807) is 12.6 Å². The van der Waals surface area contributed by atoms with Gasteiger partial charge in [0.1, 0.15) is 17.9 Å². The number of hydrogen-bond acceptors (Lipinski definition) is 4. The SMILES string of the molecule is CNC(CCc1ccco1)Cc1ncnn1C. The van der Waals surface area contributed by atoms with Crippen molar-refractivity contribution in [2.45, 2.75) is 25.3 Å². The molecule has 0 aromatic carbocycles. The topological polar surface area (TPSA) is 55.9 Å². The molecule has 0 fully saturated rings. The van der Waals surface area contributed by atoms with Crippen molar-refractivity contribution in [3.05, 3.63) is 36.3 Å². The molecule has 2 aromatic heterocycles. The number of hydrogen-bond donors (Lipinski definition) is 1. The molecule has 1 N–H and O–H groups in total. The van der Waals surface area contributed by atoms with Crippen LogP contribution in [0.4, 0.5) is 0 Å². The normalized spacial score (nSPS) is 12.8. The van der Waals surface area contributed by atoms with Crippen LogP contribution in [0.1, 0.15) is 18.0 Å². The van der Waals surface area contributed by atoms with Gasteiger partial charge >= 0.3 is 0 Å². The number of rotatable bonds is 6. The molecule has 92 valence electrons. The van der Waals surface area contributed by atoms with Gasteiger partial charge in [-0.05, 0) is 25.6 Å². The van der Waals surface area contributed by atoms with E-state index in [2.05, 4.69) is 15.4 Å². The molecule has 17 heavy (non-hydrogen) atoms. The van der Waals surface area contributed by atoms with Gasteiger partial charge in [-0.25, -0.2) is 4.98 Å². The molecule has 1 atom stereocenters. The molecule has 0 bridgehead atoms. The van der Waals surface area contributed by atoms with Gasteiger partial charge in [-0.3, -0.25) is 4.68 Å². The summed E-state index contributed by atoms with van der Waals surface area (Å²) in [5.74, 6) is 2.03. The van der Waals surface area contributed by atoms with Crippen molar-refractivity contribution in [3.63, 3.8) is 0 Å². The quantitative estimate of drug-likeness (QED) is 0.815. The number of likely N-dealkylation sites (N-methyl/N-ethyl adjacent to an activating group) is 1. The highest BCUT2D eigenvalue weighted by Crippen LogP contribution is 2.08. The van der Waals surface area contributed by atoms with Crippen molar-refractivity contribution in [1.29, 1.82) is 0 Å². The largest absolute Gasteiger partial charge is 0.469 e. The number of furan rings is 1. The third kappa shape index (κ3) is 3.17. The van der Waals surface area contributed by atoms with Gasteiger partial charge in [0.15, 0.2) is 0 Å². The summed E-state index contributed by atoms with van der Waals surface area (Å²) in [6, 6.07) is 4.32. The van der Waals surface area contributed by atoms with Crippen LogP contribution in [-0.2, 0) is 19.9 Å². The van der Waals surface area contributed by atoms with E-state index < -0.39 is 0 Å². The van der Waals surface area contributed by atoms with E-state index in [1.165, 1.54) is 0 Å². The fourth-order valence-corrected chi connectivity index (χ4v) is 1.85. The van der Waals surface area contributed by atoms with Crippen LogP contribution < -0.4 is 5.32 Å². The molecule has 0 saturated carbocycles. The van der Waals surface area contributed by atoms with Gasteiger partial charge in [-0.15, -0.1) is 0 Å². The molecular weight excluding hydrogens is 216 g/mol. The molecule has 5 heteroatoms. The summed E-state index contributed by atoms with van der Waals surface area (Å²) < 4.78 is 7.14. The van der Waals surface area contributed by atoms with Gasteiger partial charge in [0.25, 0.3) is 0 Å². The minimum Gasteiger partial charge on any atom is -0.469 e. The molecule has 0 aliphatic carbocycles. The van der Waals surface area contributed by atoms with Crippen molar-refractivity contribution in [1.82, 2.24) is 20.1 Å². The Labute approximate surface area is 101 Å². The average molecular weight is 234 g/mol. The molecule has 0 amide bonds. The summed E-state index contributed by atoms with van der Waals surface area (Å²) in [6.07, 6.45) is 6.15. The number of aromatic nitrogens is 3. The van der Waals surface area contributed by atoms with Crippen LogP contribution in [0.2, 0.25) is 0 Å². The Kier molecular flexibility index (Phi) is 3.93. The summed E-state index contributed by atoms with van der Waals surface area (Å²) in [7, 11) is 3.89. The minimum absolute atomic E-state index is 0.392. The molecule has 0 aliphatic rings. The fourth-order valence-electron chi connectivity index (χ4n) is 1.85. The second-order valence-electron chi connectivity index (χ2n) is 4.11. The van der Waals surface area contributed by atoms with Crippen molar-refractivity contribution < 1.29 is 4.42 Å². The van der Waals surface area contributed by atoms with Gasteiger partial charge in [0, 0.05) is 25.9 Å². The van der Waals surface area contributed by atoms with E-state index in [0.29, 0.717) is 6.04 Å².